The van der Waals surface area contributed by atoms with Crippen molar-refractivity contribution in [3.63, 3.8) is 0 Å². The zero-order chi connectivity index (χ0) is 44.4. The zero-order valence-corrected chi connectivity index (χ0v) is 36.8. The van der Waals surface area contributed by atoms with Crippen LogP contribution in [0.5, 0.6) is 0 Å². The fourth-order valence-corrected chi connectivity index (χ4v) is 14.0. The maximum atomic E-state index is 12.0. The van der Waals surface area contributed by atoms with Crippen molar-refractivity contribution in [3.8, 4) is 0 Å². The molecule has 9 aliphatic rings. The van der Waals surface area contributed by atoms with Crippen LogP contribution in [0.2, 0.25) is 0 Å². The molecule has 8 fully saturated rings. The summed E-state index contributed by atoms with van der Waals surface area (Å²) in [7, 11) is 0. The van der Waals surface area contributed by atoms with Crippen molar-refractivity contribution in [2.24, 2.45) is 40.4 Å². The Labute approximate surface area is 363 Å². The van der Waals surface area contributed by atoms with Gasteiger partial charge in [0.1, 0.15) is 61.0 Å². The van der Waals surface area contributed by atoms with Gasteiger partial charge < -0.3 is 83.9 Å². The third-order valence-electron chi connectivity index (χ3n) is 17.7. The molecule has 1 spiro atoms. The summed E-state index contributed by atoms with van der Waals surface area (Å²) in [6.07, 6.45) is -11.7. The molecule has 9 N–H and O–H groups in total. The Morgan fingerprint density at radius 3 is 1.95 bits per heavy atom. The topological polar surface area (TPSA) is 256 Å². The molecule has 4 aliphatic carbocycles. The van der Waals surface area contributed by atoms with Crippen LogP contribution in [0, 0.1) is 40.4 Å². The molecule has 62 heavy (non-hydrogen) atoms. The van der Waals surface area contributed by atoms with Crippen LogP contribution in [0.15, 0.2) is 11.6 Å². The summed E-state index contributed by atoms with van der Waals surface area (Å²) < 4.78 is 49.9. The van der Waals surface area contributed by atoms with Crippen LogP contribution in [0.4, 0.5) is 0 Å². The van der Waals surface area contributed by atoms with Gasteiger partial charge in [-0.2, -0.15) is 0 Å². The second kappa shape index (κ2) is 16.7. The Kier molecular flexibility index (Phi) is 12.4. The summed E-state index contributed by atoms with van der Waals surface area (Å²) in [4.78, 5) is 0. The first kappa shape index (κ1) is 46.2. The van der Waals surface area contributed by atoms with Crippen LogP contribution < -0.4 is 0 Å². The lowest BCUT2D eigenvalue weighted by atomic mass is 9.47. The van der Waals surface area contributed by atoms with E-state index in [1.54, 1.807) is 0 Å². The van der Waals surface area contributed by atoms with Crippen LogP contribution in [0.1, 0.15) is 99.3 Å². The molecule has 17 nitrogen and oxygen atoms in total. The Bertz CT molecular complexity index is 1640. The second-order valence-electron chi connectivity index (χ2n) is 21.4. The molecule has 9 rings (SSSR count). The van der Waals surface area contributed by atoms with Crippen molar-refractivity contribution >= 4 is 0 Å². The highest BCUT2D eigenvalue weighted by molar-refractivity contribution is 5.26. The normalized spacial score (nSPS) is 58.9. The van der Waals surface area contributed by atoms with Crippen LogP contribution in [-0.2, 0) is 37.9 Å². The summed E-state index contributed by atoms with van der Waals surface area (Å²) in [5.41, 5.74) is 0.580. The lowest BCUT2D eigenvalue weighted by Crippen LogP contribution is -2.66. The number of allylic oxidation sites excluding steroid dienone is 1. The predicted molar refractivity (Wildman–Crippen MR) is 214 cm³/mol. The van der Waals surface area contributed by atoms with E-state index >= 15 is 0 Å². The van der Waals surface area contributed by atoms with Crippen LogP contribution in [-0.4, -0.2) is 175 Å². The zero-order valence-electron chi connectivity index (χ0n) is 36.8. The first-order chi connectivity index (χ1) is 29.2. The average Bonchev–Trinajstić information content (AvgIpc) is 3.69. The molecular formula is C45H72O17. The van der Waals surface area contributed by atoms with Crippen molar-refractivity contribution in [2.45, 2.75) is 215 Å². The largest absolute Gasteiger partial charge is 0.394 e. The highest BCUT2D eigenvalue weighted by Gasteiger charge is 2.69. The molecule has 0 unspecified atom stereocenters. The fraction of sp³-hybridized carbons (Fsp3) is 0.956. The highest BCUT2D eigenvalue weighted by Crippen LogP contribution is 2.71. The minimum absolute atomic E-state index is 0.0494. The van der Waals surface area contributed by atoms with Crippen LogP contribution in [0.25, 0.3) is 0 Å². The minimum atomic E-state index is -1.72. The molecule has 0 amide bonds. The predicted octanol–water partition coefficient (Wildman–Crippen LogP) is 0.357. The molecule has 354 valence electrons. The molecule has 0 bridgehead atoms. The Morgan fingerprint density at radius 1 is 0.694 bits per heavy atom. The summed E-state index contributed by atoms with van der Waals surface area (Å²) >= 11 is 0. The van der Waals surface area contributed by atoms with E-state index in [2.05, 4.69) is 26.8 Å². The number of hydrogen-bond donors (Lipinski definition) is 9. The molecule has 0 aromatic carbocycles. The highest BCUT2D eigenvalue weighted by atomic mass is 16.8. The Hall–Kier alpha value is -0.940. The van der Waals surface area contributed by atoms with Crippen molar-refractivity contribution in [2.75, 3.05) is 13.2 Å². The standard InChI is InChI=1S/C45H72O17/c1-19-29-27(62-45(19)14-13-42(4,54)18-55-45)16-26-24-8-7-22-15-23(9-11-43(22,5)25(24)10-12-44(26,29)6)58-41-38(61-40-35(52)33(50)31(48)21(3)57-40)36(53)37(28(17-46)59-41)60-39-34(51)32(49)30(47)20(2)56-39/h7,19-21,23-41,46-54H,8-18H2,1-6H3/t19-,20-,21-,23-,24+,25-,26-,27-,28+,29-,30-,31-,32+,33+,34+,35+,36-,37+,38+,39-,40-,41+,42-,43-,44-,45+/m0/s1. The van der Waals surface area contributed by atoms with Crippen molar-refractivity contribution in [1.29, 1.82) is 0 Å². The number of hydrogen-bond acceptors (Lipinski definition) is 17. The Morgan fingerprint density at radius 2 is 1.34 bits per heavy atom. The number of ether oxygens (including phenoxy) is 8. The third-order valence-corrected chi connectivity index (χ3v) is 17.7. The van der Waals surface area contributed by atoms with Gasteiger partial charge in [-0.1, -0.05) is 32.4 Å². The van der Waals surface area contributed by atoms with Gasteiger partial charge in [0.2, 0.25) is 0 Å². The summed E-state index contributed by atoms with van der Waals surface area (Å²) in [6.45, 7) is 11.7. The smallest absolute Gasteiger partial charge is 0.187 e. The monoisotopic (exact) mass is 884 g/mol. The van der Waals surface area contributed by atoms with E-state index in [4.69, 9.17) is 37.9 Å². The third kappa shape index (κ3) is 7.49. The van der Waals surface area contributed by atoms with Gasteiger partial charge in [0.05, 0.1) is 43.2 Å². The molecule has 5 saturated heterocycles. The van der Waals surface area contributed by atoms with Gasteiger partial charge in [-0.25, -0.2) is 0 Å². The number of rotatable bonds is 7. The van der Waals surface area contributed by atoms with E-state index < -0.39 is 110 Å². The van der Waals surface area contributed by atoms with E-state index in [0.29, 0.717) is 56.0 Å². The number of fused-ring (bicyclic) bond motifs is 7. The SMILES string of the molecule is C[C@@H]1O[C@@H](O[C@H]2[C@H](O[C@H]3CC[C@@]4(C)C(=CC[C@H]5[C@@H]6C[C@@H]7O[C@]8(CC[C@](C)(O)CO8)[C@@H](C)[C@@H]7[C@@]6(C)CC[C@@H]54)C3)O[C@H](CO)[C@@H](O[C@@H]3O[C@@H](C)[C@H](O)[C@@H](O)[C@H]3O)[C@@H]2O)[C@H](O)[C@H](O)[C@H]1O. The maximum Gasteiger partial charge on any atom is 0.187 e. The molecular weight excluding hydrogens is 812 g/mol. The van der Waals surface area contributed by atoms with Gasteiger partial charge in [-0.15, -0.1) is 0 Å². The quantitative estimate of drug-likeness (QED) is 0.157. The van der Waals surface area contributed by atoms with E-state index in [-0.39, 0.29) is 29.0 Å². The lowest BCUT2D eigenvalue weighted by molar-refractivity contribution is -0.388. The van der Waals surface area contributed by atoms with Gasteiger partial charge in [-0.3, -0.25) is 0 Å². The van der Waals surface area contributed by atoms with E-state index in [0.717, 1.165) is 32.1 Å². The molecule has 26 atom stereocenters. The molecule has 3 saturated carbocycles. The molecule has 0 aromatic heterocycles. The van der Waals surface area contributed by atoms with Gasteiger partial charge in [-0.05, 0) is 107 Å². The van der Waals surface area contributed by atoms with Gasteiger partial charge >= 0.3 is 0 Å². The first-order valence-corrected chi connectivity index (χ1v) is 23.3. The summed E-state index contributed by atoms with van der Waals surface area (Å²) in [6, 6.07) is 0. The first-order valence-electron chi connectivity index (χ1n) is 23.3. The van der Waals surface area contributed by atoms with Gasteiger partial charge in [0.15, 0.2) is 24.7 Å². The second-order valence-corrected chi connectivity index (χ2v) is 21.4. The molecule has 5 heterocycles. The van der Waals surface area contributed by atoms with Crippen LogP contribution >= 0.6 is 0 Å². The Balaban J connectivity index is 0.913. The number of aliphatic hydroxyl groups is 9. The van der Waals surface area contributed by atoms with Crippen molar-refractivity contribution in [3.05, 3.63) is 11.6 Å². The minimum Gasteiger partial charge on any atom is -0.394 e. The number of aliphatic hydroxyl groups excluding tert-OH is 8. The molecule has 17 heteroatoms. The lowest BCUT2D eigenvalue weighted by Gasteiger charge is -2.59. The maximum absolute atomic E-state index is 12.0. The van der Waals surface area contributed by atoms with E-state index in [9.17, 15) is 46.0 Å². The van der Waals surface area contributed by atoms with Gasteiger partial charge in [0, 0.05) is 12.3 Å². The van der Waals surface area contributed by atoms with Crippen molar-refractivity contribution in [1.82, 2.24) is 0 Å². The van der Waals surface area contributed by atoms with E-state index in [1.807, 2.05) is 6.92 Å². The summed E-state index contributed by atoms with van der Waals surface area (Å²) in [5.74, 6) is 1.53. The molecule has 0 radical (unpaired) electrons. The van der Waals surface area contributed by atoms with Crippen molar-refractivity contribution < 1.29 is 83.9 Å². The van der Waals surface area contributed by atoms with E-state index in [1.165, 1.54) is 19.4 Å². The van der Waals surface area contributed by atoms with Gasteiger partial charge in [0.25, 0.3) is 0 Å². The molecule has 5 aliphatic heterocycles. The average molecular weight is 885 g/mol. The summed E-state index contributed by atoms with van der Waals surface area (Å²) in [5, 5.41) is 96.5. The molecule has 0 aromatic rings. The fourth-order valence-electron chi connectivity index (χ4n) is 14.0. The van der Waals surface area contributed by atoms with Crippen LogP contribution in [0.3, 0.4) is 0 Å².